The van der Waals surface area contributed by atoms with Crippen LogP contribution >= 0.6 is 11.3 Å². The van der Waals surface area contributed by atoms with Crippen molar-refractivity contribution in [1.29, 1.82) is 0 Å². The number of aliphatic carboxylic acids is 1. The Bertz CT molecular complexity index is 270. The highest BCUT2D eigenvalue weighted by atomic mass is 32.1. The molecule has 1 aromatic heterocycles. The molecule has 12 heavy (non-hydrogen) atoms. The molecule has 0 radical (unpaired) electrons. The fraction of sp³-hybridized carbons (Fsp3) is 0.500. The second kappa shape index (κ2) is 4.21. The molecule has 0 aliphatic heterocycles. The minimum atomic E-state index is -0.726. The lowest BCUT2D eigenvalue weighted by atomic mass is 10.2. The van der Waals surface area contributed by atoms with Crippen LogP contribution in [0.3, 0.4) is 0 Å². The second-order valence-electron chi connectivity index (χ2n) is 2.59. The summed E-state index contributed by atoms with van der Waals surface area (Å²) < 4.78 is 0. The molecule has 0 bridgehead atoms. The van der Waals surface area contributed by atoms with E-state index in [2.05, 4.69) is 4.98 Å². The van der Waals surface area contributed by atoms with Gasteiger partial charge in [-0.05, 0) is 19.8 Å². The maximum Gasteiger partial charge on any atom is 0.303 e. The van der Waals surface area contributed by atoms with E-state index in [4.69, 9.17) is 5.11 Å². The van der Waals surface area contributed by atoms with Gasteiger partial charge < -0.3 is 5.11 Å². The van der Waals surface area contributed by atoms with E-state index in [0.717, 1.165) is 11.4 Å². The van der Waals surface area contributed by atoms with E-state index in [1.54, 1.807) is 11.3 Å². The van der Waals surface area contributed by atoms with Crippen LogP contribution in [0.15, 0.2) is 6.20 Å². The molecule has 1 heterocycles. The number of thiazole rings is 1. The van der Waals surface area contributed by atoms with Gasteiger partial charge in [0.15, 0.2) is 0 Å². The Hall–Kier alpha value is -0.900. The molecular formula is C8H11NO2S. The quantitative estimate of drug-likeness (QED) is 0.778. The van der Waals surface area contributed by atoms with Crippen molar-refractivity contribution in [3.8, 4) is 0 Å². The zero-order valence-corrected chi connectivity index (χ0v) is 7.73. The molecule has 1 aromatic rings. The van der Waals surface area contributed by atoms with Gasteiger partial charge in [0.05, 0.1) is 5.01 Å². The summed E-state index contributed by atoms with van der Waals surface area (Å²) >= 11 is 1.64. The van der Waals surface area contributed by atoms with Crippen LogP contribution in [0.5, 0.6) is 0 Å². The molecule has 0 aliphatic carbocycles. The summed E-state index contributed by atoms with van der Waals surface area (Å²) in [7, 11) is 0. The second-order valence-corrected chi connectivity index (χ2v) is 3.91. The number of carbonyl (C=O) groups is 1. The topological polar surface area (TPSA) is 50.2 Å². The normalized spacial score (nSPS) is 10.1. The highest BCUT2D eigenvalue weighted by Gasteiger charge is 2.00. The monoisotopic (exact) mass is 185 g/mol. The van der Waals surface area contributed by atoms with Gasteiger partial charge in [-0.15, -0.1) is 11.3 Å². The Morgan fingerprint density at radius 3 is 3.00 bits per heavy atom. The van der Waals surface area contributed by atoms with Crippen LogP contribution in [0.4, 0.5) is 0 Å². The zero-order valence-electron chi connectivity index (χ0n) is 6.91. The molecule has 3 nitrogen and oxygen atoms in total. The largest absolute Gasteiger partial charge is 0.481 e. The number of aryl methyl sites for hydroxylation is 2. The molecule has 0 aromatic carbocycles. The molecule has 0 unspecified atom stereocenters. The maximum atomic E-state index is 10.2. The lowest BCUT2D eigenvalue weighted by molar-refractivity contribution is -0.137. The number of carboxylic acid groups (broad SMARTS) is 1. The van der Waals surface area contributed by atoms with Gasteiger partial charge in [-0.2, -0.15) is 0 Å². The van der Waals surface area contributed by atoms with Crippen LogP contribution in [0.2, 0.25) is 0 Å². The molecule has 0 spiro atoms. The van der Waals surface area contributed by atoms with Crippen LogP contribution in [0, 0.1) is 6.92 Å². The van der Waals surface area contributed by atoms with Gasteiger partial charge in [-0.25, -0.2) is 4.98 Å². The molecule has 0 atom stereocenters. The standard InChI is InChI=1S/C8H11NO2S/c1-6-9-5-7(12-6)3-2-4-8(10)11/h5H,2-4H2,1H3,(H,10,11). The fourth-order valence-electron chi connectivity index (χ4n) is 0.935. The Labute approximate surface area is 75.1 Å². The molecule has 1 rings (SSSR count). The van der Waals surface area contributed by atoms with E-state index in [-0.39, 0.29) is 6.42 Å². The van der Waals surface area contributed by atoms with Crippen molar-refractivity contribution in [2.45, 2.75) is 26.2 Å². The Balaban J connectivity index is 2.29. The highest BCUT2D eigenvalue weighted by Crippen LogP contribution is 2.13. The van der Waals surface area contributed by atoms with Crippen LogP contribution in [-0.2, 0) is 11.2 Å². The molecular weight excluding hydrogens is 174 g/mol. The number of rotatable bonds is 4. The summed E-state index contributed by atoms with van der Waals surface area (Å²) in [6.45, 7) is 1.95. The third-order valence-electron chi connectivity index (χ3n) is 1.48. The van der Waals surface area contributed by atoms with Crippen molar-refractivity contribution in [3.05, 3.63) is 16.1 Å². The summed E-state index contributed by atoms with van der Waals surface area (Å²) in [6, 6.07) is 0. The van der Waals surface area contributed by atoms with Crippen LogP contribution in [0.1, 0.15) is 22.7 Å². The Kier molecular flexibility index (Phi) is 3.22. The first-order valence-corrected chi connectivity index (χ1v) is 4.63. The molecule has 0 saturated carbocycles. The first-order valence-electron chi connectivity index (χ1n) is 3.81. The van der Waals surface area contributed by atoms with E-state index in [0.29, 0.717) is 6.42 Å². The summed E-state index contributed by atoms with van der Waals surface area (Å²) in [6.07, 6.45) is 3.60. The number of carboxylic acids is 1. The van der Waals surface area contributed by atoms with Gasteiger partial charge in [0.2, 0.25) is 0 Å². The summed E-state index contributed by atoms with van der Waals surface area (Å²) in [5.41, 5.74) is 0. The molecule has 4 heteroatoms. The lowest BCUT2D eigenvalue weighted by Gasteiger charge is -1.92. The zero-order chi connectivity index (χ0) is 8.97. The molecule has 0 aliphatic rings. The third-order valence-corrected chi connectivity index (χ3v) is 2.46. The first kappa shape index (κ1) is 9.19. The van der Waals surface area contributed by atoms with Crippen LogP contribution < -0.4 is 0 Å². The summed E-state index contributed by atoms with van der Waals surface area (Å²) in [5, 5.41) is 9.43. The molecule has 0 amide bonds. The number of hydrogen-bond donors (Lipinski definition) is 1. The van der Waals surface area contributed by atoms with Crippen LogP contribution in [0.25, 0.3) is 0 Å². The Morgan fingerprint density at radius 2 is 2.50 bits per heavy atom. The van der Waals surface area contributed by atoms with Gasteiger partial charge in [0.25, 0.3) is 0 Å². The maximum absolute atomic E-state index is 10.2. The van der Waals surface area contributed by atoms with Crippen molar-refractivity contribution >= 4 is 17.3 Å². The molecule has 1 N–H and O–H groups in total. The van der Waals surface area contributed by atoms with Crippen molar-refractivity contribution in [2.24, 2.45) is 0 Å². The predicted molar refractivity (Wildman–Crippen MR) is 47.4 cm³/mol. The van der Waals surface area contributed by atoms with Crippen molar-refractivity contribution < 1.29 is 9.90 Å². The number of hydrogen-bond acceptors (Lipinski definition) is 3. The van der Waals surface area contributed by atoms with Gasteiger partial charge in [-0.1, -0.05) is 0 Å². The average molecular weight is 185 g/mol. The van der Waals surface area contributed by atoms with Crippen molar-refractivity contribution in [3.63, 3.8) is 0 Å². The predicted octanol–water partition coefficient (Wildman–Crippen LogP) is 1.86. The van der Waals surface area contributed by atoms with E-state index in [9.17, 15) is 4.79 Å². The number of nitrogens with zero attached hydrogens (tertiary/aromatic N) is 1. The Morgan fingerprint density at radius 1 is 1.75 bits per heavy atom. The van der Waals surface area contributed by atoms with Gasteiger partial charge >= 0.3 is 5.97 Å². The molecule has 0 fully saturated rings. The van der Waals surface area contributed by atoms with Gasteiger partial charge in [0, 0.05) is 17.5 Å². The lowest BCUT2D eigenvalue weighted by Crippen LogP contribution is -1.94. The van der Waals surface area contributed by atoms with E-state index >= 15 is 0 Å². The van der Waals surface area contributed by atoms with Gasteiger partial charge in [-0.3, -0.25) is 4.79 Å². The summed E-state index contributed by atoms with van der Waals surface area (Å²) in [4.78, 5) is 15.4. The summed E-state index contributed by atoms with van der Waals surface area (Å²) in [5.74, 6) is -0.726. The molecule has 66 valence electrons. The SMILES string of the molecule is Cc1ncc(CCCC(=O)O)s1. The van der Waals surface area contributed by atoms with Crippen molar-refractivity contribution in [1.82, 2.24) is 4.98 Å². The highest BCUT2D eigenvalue weighted by molar-refractivity contribution is 7.11. The van der Waals surface area contributed by atoms with E-state index in [1.807, 2.05) is 13.1 Å². The van der Waals surface area contributed by atoms with E-state index in [1.165, 1.54) is 4.88 Å². The number of aromatic nitrogens is 1. The average Bonchev–Trinajstić information content (AvgIpc) is 2.35. The third kappa shape index (κ3) is 3.00. The minimum Gasteiger partial charge on any atom is -0.481 e. The van der Waals surface area contributed by atoms with E-state index < -0.39 is 5.97 Å². The minimum absolute atomic E-state index is 0.247. The smallest absolute Gasteiger partial charge is 0.303 e. The molecule has 0 saturated heterocycles. The fourth-order valence-corrected chi connectivity index (χ4v) is 1.77. The van der Waals surface area contributed by atoms with Gasteiger partial charge in [0.1, 0.15) is 0 Å². The van der Waals surface area contributed by atoms with Crippen LogP contribution in [-0.4, -0.2) is 16.1 Å². The first-order chi connectivity index (χ1) is 5.68. The van der Waals surface area contributed by atoms with Crippen molar-refractivity contribution in [2.75, 3.05) is 0 Å².